The van der Waals surface area contributed by atoms with Crippen molar-refractivity contribution < 1.29 is 28.6 Å². The van der Waals surface area contributed by atoms with Gasteiger partial charge in [-0.05, 0) is 37.6 Å². The summed E-state index contributed by atoms with van der Waals surface area (Å²) in [7, 11) is 1.18. The van der Waals surface area contributed by atoms with Crippen molar-refractivity contribution in [1.29, 1.82) is 0 Å². The number of ether oxygens (including phenoxy) is 3. The number of alkyl carbamates (subject to hydrolysis) is 1. The molecule has 2 aromatic carbocycles. The lowest BCUT2D eigenvalue weighted by Gasteiger charge is -2.14. The Morgan fingerprint density at radius 1 is 0.939 bits per heavy atom. The summed E-state index contributed by atoms with van der Waals surface area (Å²) in [5, 5.41) is 7.59. The van der Waals surface area contributed by atoms with Crippen LogP contribution in [0.1, 0.15) is 26.7 Å². The number of aliphatic imine (C=N–C) groups is 1. The first-order chi connectivity index (χ1) is 15.9. The highest BCUT2D eigenvalue weighted by molar-refractivity contribution is 6.05. The van der Waals surface area contributed by atoms with E-state index < -0.39 is 12.0 Å². The molecule has 2 aromatic rings. The zero-order chi connectivity index (χ0) is 24.1. The molecule has 0 unspecified atom stereocenters. The van der Waals surface area contributed by atoms with Crippen molar-refractivity contribution in [1.82, 2.24) is 10.6 Å². The lowest BCUT2D eigenvalue weighted by Crippen LogP contribution is -2.45. The Morgan fingerprint density at radius 3 is 2.36 bits per heavy atom. The van der Waals surface area contributed by atoms with E-state index in [1.165, 1.54) is 7.11 Å². The first kappa shape index (κ1) is 25.3. The van der Waals surface area contributed by atoms with Crippen LogP contribution in [-0.2, 0) is 19.1 Å². The molecule has 10 nitrogen and oxygen atoms in total. The van der Waals surface area contributed by atoms with Gasteiger partial charge in [-0.1, -0.05) is 25.1 Å². The molecule has 0 aliphatic rings. The number of nitrogens with one attached hydrogen (secondary N) is 3. The SMILES string of the molecule is CCCC(=O)Nc1cc(Oc2ccccc2)ccc1N=C(NC(=O)COCC)NC(=O)OC. The van der Waals surface area contributed by atoms with E-state index in [9.17, 15) is 14.4 Å². The predicted molar refractivity (Wildman–Crippen MR) is 124 cm³/mol. The summed E-state index contributed by atoms with van der Waals surface area (Å²) >= 11 is 0. The largest absolute Gasteiger partial charge is 0.457 e. The van der Waals surface area contributed by atoms with Gasteiger partial charge in [0.1, 0.15) is 18.1 Å². The van der Waals surface area contributed by atoms with Gasteiger partial charge < -0.3 is 19.5 Å². The molecule has 0 saturated carbocycles. The van der Waals surface area contributed by atoms with E-state index >= 15 is 0 Å². The Balaban J connectivity index is 2.38. The molecule has 0 saturated heterocycles. The van der Waals surface area contributed by atoms with E-state index in [1.807, 2.05) is 25.1 Å². The number of para-hydroxylation sites is 1. The maximum absolute atomic E-state index is 12.3. The Kier molecular flexibility index (Phi) is 10.4. The van der Waals surface area contributed by atoms with Gasteiger partial charge in [0.05, 0.1) is 18.5 Å². The molecule has 0 atom stereocenters. The molecule has 0 aliphatic carbocycles. The molecule has 0 radical (unpaired) electrons. The average molecular weight is 456 g/mol. The van der Waals surface area contributed by atoms with Gasteiger partial charge in [-0.15, -0.1) is 0 Å². The highest BCUT2D eigenvalue weighted by atomic mass is 16.5. The molecule has 0 heterocycles. The Labute approximate surface area is 192 Å². The van der Waals surface area contributed by atoms with Gasteiger partial charge >= 0.3 is 6.09 Å². The van der Waals surface area contributed by atoms with Crippen molar-refractivity contribution >= 4 is 35.2 Å². The maximum Gasteiger partial charge on any atom is 0.413 e. The van der Waals surface area contributed by atoms with E-state index in [0.29, 0.717) is 36.6 Å². The zero-order valence-electron chi connectivity index (χ0n) is 18.8. The van der Waals surface area contributed by atoms with Crippen molar-refractivity contribution in [3.63, 3.8) is 0 Å². The monoisotopic (exact) mass is 456 g/mol. The molecule has 0 bridgehead atoms. The molecule has 3 N–H and O–H groups in total. The minimum absolute atomic E-state index is 0.186. The van der Waals surface area contributed by atoms with Crippen LogP contribution in [0, 0.1) is 0 Å². The third kappa shape index (κ3) is 8.99. The number of nitrogens with zero attached hydrogens (tertiary/aromatic N) is 1. The quantitative estimate of drug-likeness (QED) is 0.390. The first-order valence-corrected chi connectivity index (χ1v) is 10.4. The Bertz CT molecular complexity index is 978. The van der Waals surface area contributed by atoms with Gasteiger partial charge in [0, 0.05) is 19.1 Å². The fourth-order valence-electron chi connectivity index (χ4n) is 2.56. The van der Waals surface area contributed by atoms with Crippen molar-refractivity contribution in [3.05, 3.63) is 48.5 Å². The number of benzene rings is 2. The summed E-state index contributed by atoms with van der Waals surface area (Å²) in [6, 6.07) is 14.0. The van der Waals surface area contributed by atoms with E-state index in [4.69, 9.17) is 9.47 Å². The number of guanidine groups is 1. The lowest BCUT2D eigenvalue weighted by atomic mass is 10.2. The van der Waals surface area contributed by atoms with E-state index in [1.54, 1.807) is 37.3 Å². The van der Waals surface area contributed by atoms with Crippen molar-refractivity contribution in [2.75, 3.05) is 25.6 Å². The summed E-state index contributed by atoms with van der Waals surface area (Å²) in [6.07, 6.45) is 0.143. The minimum atomic E-state index is -0.828. The summed E-state index contributed by atoms with van der Waals surface area (Å²) < 4.78 is 15.5. The Morgan fingerprint density at radius 2 is 1.70 bits per heavy atom. The number of carbonyl (C=O) groups excluding carboxylic acids is 3. The van der Waals surface area contributed by atoms with Crippen LogP contribution in [0.5, 0.6) is 11.5 Å². The van der Waals surface area contributed by atoms with E-state index in [-0.39, 0.29) is 24.2 Å². The molecular formula is C23H28N4O6. The normalized spacial score (nSPS) is 10.8. The van der Waals surface area contributed by atoms with Gasteiger partial charge in [0.15, 0.2) is 0 Å². The van der Waals surface area contributed by atoms with Crippen LogP contribution in [0.15, 0.2) is 53.5 Å². The molecule has 0 spiro atoms. The Hall–Kier alpha value is -3.92. The van der Waals surface area contributed by atoms with Crippen LogP contribution in [0.25, 0.3) is 0 Å². The predicted octanol–water partition coefficient (Wildman–Crippen LogP) is 3.71. The molecule has 2 rings (SSSR count). The van der Waals surface area contributed by atoms with Crippen molar-refractivity contribution in [2.45, 2.75) is 26.7 Å². The van der Waals surface area contributed by atoms with Crippen molar-refractivity contribution in [2.24, 2.45) is 4.99 Å². The second kappa shape index (κ2) is 13.5. The summed E-state index contributed by atoms with van der Waals surface area (Å²) in [4.78, 5) is 40.4. The van der Waals surface area contributed by atoms with Crippen LogP contribution in [-0.4, -0.2) is 44.2 Å². The minimum Gasteiger partial charge on any atom is -0.457 e. The molecule has 0 fully saturated rings. The number of rotatable bonds is 9. The fraction of sp³-hybridized carbons (Fsp3) is 0.304. The molecule has 10 heteroatoms. The standard InChI is InChI=1S/C23H28N4O6/c1-4-9-20(28)24-19-14-17(33-16-10-7-6-8-11-16)12-13-18(19)25-22(27-23(30)31-3)26-21(29)15-32-5-2/h6-8,10-14H,4-5,9,15H2,1-3H3,(H,24,28)(H2,25,26,27,29,30). The van der Waals surface area contributed by atoms with E-state index in [2.05, 4.69) is 25.7 Å². The van der Waals surface area contributed by atoms with Crippen LogP contribution in [0.2, 0.25) is 0 Å². The third-order valence-corrected chi connectivity index (χ3v) is 4.03. The van der Waals surface area contributed by atoms with Gasteiger partial charge in [-0.3, -0.25) is 20.2 Å². The zero-order valence-corrected chi connectivity index (χ0v) is 18.8. The van der Waals surface area contributed by atoms with E-state index in [0.717, 1.165) is 0 Å². The molecule has 0 aliphatic heterocycles. The first-order valence-electron chi connectivity index (χ1n) is 10.4. The lowest BCUT2D eigenvalue weighted by molar-refractivity contribution is -0.124. The number of hydrogen-bond acceptors (Lipinski definition) is 7. The second-order valence-corrected chi connectivity index (χ2v) is 6.65. The summed E-state index contributed by atoms with van der Waals surface area (Å²) in [6.45, 7) is 3.77. The second-order valence-electron chi connectivity index (χ2n) is 6.65. The third-order valence-electron chi connectivity index (χ3n) is 4.03. The van der Waals surface area contributed by atoms with Crippen LogP contribution in [0.3, 0.4) is 0 Å². The number of carbonyl (C=O) groups is 3. The van der Waals surface area contributed by atoms with Gasteiger partial charge in [0.25, 0.3) is 5.91 Å². The van der Waals surface area contributed by atoms with Gasteiger partial charge in [0.2, 0.25) is 11.9 Å². The maximum atomic E-state index is 12.3. The molecular weight excluding hydrogens is 428 g/mol. The molecule has 3 amide bonds. The topological polar surface area (TPSA) is 127 Å². The molecule has 33 heavy (non-hydrogen) atoms. The van der Waals surface area contributed by atoms with Crippen molar-refractivity contribution in [3.8, 4) is 11.5 Å². The van der Waals surface area contributed by atoms with Crippen LogP contribution >= 0.6 is 0 Å². The number of anilines is 1. The number of hydrogen-bond donors (Lipinski definition) is 3. The average Bonchev–Trinajstić information content (AvgIpc) is 2.80. The highest BCUT2D eigenvalue weighted by Crippen LogP contribution is 2.32. The van der Waals surface area contributed by atoms with Gasteiger partial charge in [-0.2, -0.15) is 0 Å². The fourth-order valence-corrected chi connectivity index (χ4v) is 2.56. The number of methoxy groups -OCH3 is 1. The smallest absolute Gasteiger partial charge is 0.413 e. The van der Waals surface area contributed by atoms with Crippen LogP contribution < -0.4 is 20.7 Å². The summed E-state index contributed by atoms with van der Waals surface area (Å²) in [5.74, 6) is 0.168. The summed E-state index contributed by atoms with van der Waals surface area (Å²) in [5.41, 5.74) is 0.619. The highest BCUT2D eigenvalue weighted by Gasteiger charge is 2.14. The number of amides is 3. The van der Waals surface area contributed by atoms with Crippen LogP contribution in [0.4, 0.5) is 16.2 Å². The van der Waals surface area contributed by atoms with Gasteiger partial charge in [-0.25, -0.2) is 9.79 Å². The molecule has 0 aromatic heterocycles. The molecule has 176 valence electrons.